The SMILES string of the molecule is CCN(C(=O)Cc1ccccc1C)c1cc(C)cc(C)c1. The molecule has 2 nitrogen and oxygen atoms in total. The number of rotatable bonds is 4. The number of aryl methyl sites for hydroxylation is 3. The fourth-order valence-corrected chi connectivity index (χ4v) is 2.68. The van der Waals surface area contributed by atoms with Crippen molar-refractivity contribution in [2.45, 2.75) is 34.1 Å². The molecule has 0 saturated heterocycles. The Morgan fingerprint density at radius 3 is 2.19 bits per heavy atom. The van der Waals surface area contributed by atoms with Crippen LogP contribution in [-0.2, 0) is 11.2 Å². The van der Waals surface area contributed by atoms with E-state index in [9.17, 15) is 4.79 Å². The van der Waals surface area contributed by atoms with Crippen molar-refractivity contribution in [2.24, 2.45) is 0 Å². The van der Waals surface area contributed by atoms with E-state index in [0.717, 1.165) is 11.3 Å². The summed E-state index contributed by atoms with van der Waals surface area (Å²) in [7, 11) is 0. The molecule has 0 radical (unpaired) electrons. The lowest BCUT2D eigenvalue weighted by Gasteiger charge is -2.22. The van der Waals surface area contributed by atoms with E-state index < -0.39 is 0 Å². The zero-order chi connectivity index (χ0) is 15.4. The summed E-state index contributed by atoms with van der Waals surface area (Å²) in [4.78, 5) is 14.5. The highest BCUT2D eigenvalue weighted by Gasteiger charge is 2.15. The molecular weight excluding hydrogens is 258 g/mol. The molecule has 0 aliphatic heterocycles. The molecule has 0 aliphatic rings. The highest BCUT2D eigenvalue weighted by Crippen LogP contribution is 2.20. The van der Waals surface area contributed by atoms with Crippen molar-refractivity contribution in [2.75, 3.05) is 11.4 Å². The molecule has 2 heteroatoms. The Hall–Kier alpha value is -2.09. The largest absolute Gasteiger partial charge is 0.312 e. The van der Waals surface area contributed by atoms with E-state index in [-0.39, 0.29) is 5.91 Å². The summed E-state index contributed by atoms with van der Waals surface area (Å²) in [6.07, 6.45) is 0.452. The molecular formula is C19H23NO. The van der Waals surface area contributed by atoms with Crippen molar-refractivity contribution in [1.82, 2.24) is 0 Å². The van der Waals surface area contributed by atoms with E-state index in [0.29, 0.717) is 13.0 Å². The predicted molar refractivity (Wildman–Crippen MR) is 88.8 cm³/mol. The lowest BCUT2D eigenvalue weighted by molar-refractivity contribution is -0.117. The standard InChI is InChI=1S/C19H23NO/c1-5-20(18-11-14(2)10-15(3)12-18)19(21)13-17-9-7-6-8-16(17)4/h6-12H,5,13H2,1-4H3. The third kappa shape index (κ3) is 3.72. The van der Waals surface area contributed by atoms with E-state index in [1.165, 1.54) is 16.7 Å². The molecule has 1 amide bonds. The molecule has 0 aliphatic carbocycles. The molecule has 110 valence electrons. The van der Waals surface area contributed by atoms with Crippen LogP contribution in [0.2, 0.25) is 0 Å². The normalized spacial score (nSPS) is 10.5. The molecule has 0 saturated carbocycles. The van der Waals surface area contributed by atoms with Gasteiger partial charge in [0.05, 0.1) is 6.42 Å². The lowest BCUT2D eigenvalue weighted by atomic mass is 10.0. The minimum absolute atomic E-state index is 0.150. The topological polar surface area (TPSA) is 20.3 Å². The summed E-state index contributed by atoms with van der Waals surface area (Å²) < 4.78 is 0. The Labute approximate surface area is 127 Å². The van der Waals surface area contributed by atoms with Gasteiger partial charge in [0, 0.05) is 12.2 Å². The number of likely N-dealkylation sites (N-methyl/N-ethyl adjacent to an activating group) is 1. The van der Waals surface area contributed by atoms with Gasteiger partial charge < -0.3 is 4.90 Å². The number of amides is 1. The minimum Gasteiger partial charge on any atom is -0.312 e. The average molecular weight is 281 g/mol. The van der Waals surface area contributed by atoms with Crippen LogP contribution in [0, 0.1) is 20.8 Å². The third-order valence-corrected chi connectivity index (χ3v) is 3.74. The van der Waals surface area contributed by atoms with Crippen LogP contribution in [0.25, 0.3) is 0 Å². The Balaban J connectivity index is 2.25. The quantitative estimate of drug-likeness (QED) is 0.822. The first-order valence-electron chi connectivity index (χ1n) is 7.44. The van der Waals surface area contributed by atoms with Gasteiger partial charge >= 0.3 is 0 Å². The summed E-state index contributed by atoms with van der Waals surface area (Å²) >= 11 is 0. The summed E-state index contributed by atoms with van der Waals surface area (Å²) in [6.45, 7) is 8.89. The van der Waals surface area contributed by atoms with E-state index in [1.807, 2.05) is 30.0 Å². The van der Waals surface area contributed by atoms with Gasteiger partial charge in [0.25, 0.3) is 0 Å². The number of hydrogen-bond donors (Lipinski definition) is 0. The zero-order valence-electron chi connectivity index (χ0n) is 13.3. The summed E-state index contributed by atoms with van der Waals surface area (Å²) in [5.74, 6) is 0.150. The predicted octanol–water partition coefficient (Wildman–Crippen LogP) is 4.21. The number of carbonyl (C=O) groups excluding carboxylic acids is 1. The van der Waals surface area contributed by atoms with Gasteiger partial charge in [-0.3, -0.25) is 4.79 Å². The van der Waals surface area contributed by atoms with Gasteiger partial charge in [-0.1, -0.05) is 30.3 Å². The Bertz CT molecular complexity index is 626. The van der Waals surface area contributed by atoms with Crippen LogP contribution in [0.5, 0.6) is 0 Å². The number of nitrogens with zero attached hydrogens (tertiary/aromatic N) is 1. The summed E-state index contributed by atoms with van der Waals surface area (Å²) in [5.41, 5.74) is 5.64. The molecule has 0 spiro atoms. The van der Waals surface area contributed by atoms with Gasteiger partial charge in [-0.2, -0.15) is 0 Å². The second-order valence-corrected chi connectivity index (χ2v) is 5.59. The Morgan fingerprint density at radius 1 is 1.00 bits per heavy atom. The maximum atomic E-state index is 12.6. The maximum absolute atomic E-state index is 12.6. The number of benzene rings is 2. The maximum Gasteiger partial charge on any atom is 0.231 e. The zero-order valence-corrected chi connectivity index (χ0v) is 13.3. The van der Waals surface area contributed by atoms with Crippen molar-refractivity contribution >= 4 is 11.6 Å². The van der Waals surface area contributed by atoms with Crippen LogP contribution < -0.4 is 4.90 Å². The van der Waals surface area contributed by atoms with Crippen LogP contribution >= 0.6 is 0 Å². The molecule has 0 fully saturated rings. The van der Waals surface area contributed by atoms with Crippen LogP contribution in [0.15, 0.2) is 42.5 Å². The van der Waals surface area contributed by atoms with Crippen molar-refractivity contribution in [3.05, 3.63) is 64.7 Å². The third-order valence-electron chi connectivity index (χ3n) is 3.74. The van der Waals surface area contributed by atoms with E-state index in [2.05, 4.69) is 45.0 Å². The monoisotopic (exact) mass is 281 g/mol. The molecule has 0 heterocycles. The first kappa shape index (κ1) is 15.3. The van der Waals surface area contributed by atoms with Crippen LogP contribution in [0.4, 0.5) is 5.69 Å². The number of carbonyl (C=O) groups is 1. The molecule has 0 atom stereocenters. The average Bonchev–Trinajstić information content (AvgIpc) is 2.41. The first-order valence-corrected chi connectivity index (χ1v) is 7.44. The van der Waals surface area contributed by atoms with Crippen LogP contribution in [0.1, 0.15) is 29.2 Å². The highest BCUT2D eigenvalue weighted by atomic mass is 16.2. The lowest BCUT2D eigenvalue weighted by Crippen LogP contribution is -2.32. The smallest absolute Gasteiger partial charge is 0.231 e. The minimum atomic E-state index is 0.150. The number of hydrogen-bond acceptors (Lipinski definition) is 1. The fraction of sp³-hybridized carbons (Fsp3) is 0.316. The first-order chi connectivity index (χ1) is 10.0. The molecule has 2 aromatic rings. The summed E-state index contributed by atoms with van der Waals surface area (Å²) in [5, 5.41) is 0. The van der Waals surface area contributed by atoms with Crippen LogP contribution in [-0.4, -0.2) is 12.5 Å². The van der Waals surface area contributed by atoms with Crippen molar-refractivity contribution in [3.8, 4) is 0 Å². The van der Waals surface area contributed by atoms with E-state index in [4.69, 9.17) is 0 Å². The van der Waals surface area contributed by atoms with Gasteiger partial charge in [-0.15, -0.1) is 0 Å². The summed E-state index contributed by atoms with van der Waals surface area (Å²) in [6, 6.07) is 14.4. The van der Waals surface area contributed by atoms with Gasteiger partial charge in [0.15, 0.2) is 0 Å². The Morgan fingerprint density at radius 2 is 1.62 bits per heavy atom. The van der Waals surface area contributed by atoms with E-state index >= 15 is 0 Å². The second kappa shape index (κ2) is 6.57. The molecule has 0 bridgehead atoms. The van der Waals surface area contributed by atoms with Crippen molar-refractivity contribution in [3.63, 3.8) is 0 Å². The molecule has 2 aromatic carbocycles. The van der Waals surface area contributed by atoms with Gasteiger partial charge in [-0.05, 0) is 62.1 Å². The molecule has 21 heavy (non-hydrogen) atoms. The molecule has 2 rings (SSSR count). The van der Waals surface area contributed by atoms with Gasteiger partial charge in [0.2, 0.25) is 5.91 Å². The molecule has 0 unspecified atom stereocenters. The van der Waals surface area contributed by atoms with Crippen molar-refractivity contribution in [1.29, 1.82) is 0 Å². The Kier molecular flexibility index (Phi) is 4.79. The molecule has 0 N–H and O–H groups in total. The number of anilines is 1. The fourth-order valence-electron chi connectivity index (χ4n) is 2.68. The van der Waals surface area contributed by atoms with Crippen molar-refractivity contribution < 1.29 is 4.79 Å². The highest BCUT2D eigenvalue weighted by molar-refractivity contribution is 5.95. The van der Waals surface area contributed by atoms with Gasteiger partial charge in [0.1, 0.15) is 0 Å². The van der Waals surface area contributed by atoms with Gasteiger partial charge in [-0.25, -0.2) is 0 Å². The van der Waals surface area contributed by atoms with E-state index in [1.54, 1.807) is 0 Å². The second-order valence-electron chi connectivity index (χ2n) is 5.59. The molecule has 0 aromatic heterocycles. The van der Waals surface area contributed by atoms with Crippen LogP contribution in [0.3, 0.4) is 0 Å².